The van der Waals surface area contributed by atoms with Crippen LogP contribution in [0.25, 0.3) is 56.1 Å². The van der Waals surface area contributed by atoms with Crippen LogP contribution in [0, 0.1) is 5.82 Å². The van der Waals surface area contributed by atoms with Gasteiger partial charge in [-0.15, -0.1) is 0 Å². The third-order valence-electron chi connectivity index (χ3n) is 7.36. The van der Waals surface area contributed by atoms with E-state index >= 15 is 0 Å². The van der Waals surface area contributed by atoms with Crippen molar-refractivity contribution in [2.75, 3.05) is 31.3 Å². The second kappa shape index (κ2) is 12.7. The first kappa shape index (κ1) is 30.8. The Morgan fingerprint density at radius 3 is 2.46 bits per heavy atom. The summed E-state index contributed by atoms with van der Waals surface area (Å²) in [6.07, 6.45) is -0.188. The highest BCUT2D eigenvalue weighted by molar-refractivity contribution is 7.85. The number of aromatic nitrogens is 2. The van der Waals surface area contributed by atoms with Crippen LogP contribution >= 0.6 is 0 Å². The standard InChI is InChI=1S/C33H27F3N4O5S/c1-37-32(41)29-24-16-23(19-13-20(15-22(14-19)43-2)33-39-31-26(45-33)5-4-11-38-31)25(40(46(3)42)12-10-28(35)36)17-27(24)44-30(29)18-6-8-21(34)9-7-18/h4-9,11,13-17,28H,10,12H2,1-3H3,(H,37,41). The van der Waals surface area contributed by atoms with E-state index in [4.69, 9.17) is 13.6 Å². The fourth-order valence-corrected chi connectivity index (χ4v) is 6.01. The van der Waals surface area contributed by atoms with Gasteiger partial charge in [0.25, 0.3) is 5.91 Å². The fourth-order valence-electron chi connectivity index (χ4n) is 5.22. The molecular formula is C33H27F3N4O5S. The Morgan fingerprint density at radius 2 is 1.78 bits per heavy atom. The molecule has 6 aromatic rings. The number of benzene rings is 3. The van der Waals surface area contributed by atoms with Crippen molar-refractivity contribution in [3.63, 3.8) is 0 Å². The molecule has 0 saturated heterocycles. The Labute approximate surface area is 263 Å². The molecule has 1 unspecified atom stereocenters. The minimum Gasteiger partial charge on any atom is -0.497 e. The van der Waals surface area contributed by atoms with E-state index in [1.165, 1.54) is 49.0 Å². The van der Waals surface area contributed by atoms with Crippen molar-refractivity contribution in [3.8, 4) is 39.7 Å². The lowest BCUT2D eigenvalue weighted by Gasteiger charge is -2.25. The molecular weight excluding hydrogens is 621 g/mol. The van der Waals surface area contributed by atoms with Gasteiger partial charge in [0.05, 0.1) is 18.4 Å². The van der Waals surface area contributed by atoms with Crippen molar-refractivity contribution in [2.45, 2.75) is 12.8 Å². The summed E-state index contributed by atoms with van der Waals surface area (Å²) >= 11 is 0. The van der Waals surface area contributed by atoms with E-state index in [9.17, 15) is 22.2 Å². The van der Waals surface area contributed by atoms with Gasteiger partial charge in [-0.3, -0.25) is 9.10 Å². The minimum absolute atomic E-state index is 0.180. The molecule has 0 aliphatic carbocycles. The van der Waals surface area contributed by atoms with E-state index < -0.39 is 35.6 Å². The second-order valence-corrected chi connectivity index (χ2v) is 11.5. The van der Waals surface area contributed by atoms with Gasteiger partial charge in [-0.25, -0.2) is 22.4 Å². The van der Waals surface area contributed by atoms with Crippen LogP contribution in [0.15, 0.2) is 81.8 Å². The Kier molecular flexibility index (Phi) is 8.50. The number of hydrogen-bond acceptors (Lipinski definition) is 7. The highest BCUT2D eigenvalue weighted by atomic mass is 32.2. The van der Waals surface area contributed by atoms with Gasteiger partial charge in [0, 0.05) is 60.6 Å². The van der Waals surface area contributed by atoms with Crippen LogP contribution in [0.5, 0.6) is 5.75 Å². The normalized spacial score (nSPS) is 12.2. The lowest BCUT2D eigenvalue weighted by atomic mass is 9.96. The maximum Gasteiger partial charge on any atom is 0.255 e. The Bertz CT molecular complexity index is 2060. The number of pyridine rings is 1. The second-order valence-electron chi connectivity index (χ2n) is 10.3. The van der Waals surface area contributed by atoms with Gasteiger partial charge in [0.1, 0.15) is 33.9 Å². The molecule has 1 atom stereocenters. The third-order valence-corrected chi connectivity index (χ3v) is 8.36. The largest absolute Gasteiger partial charge is 0.497 e. The number of ether oxygens (including phenoxy) is 1. The molecule has 1 N–H and O–H groups in total. The molecule has 3 aromatic heterocycles. The average molecular weight is 649 g/mol. The van der Waals surface area contributed by atoms with Crippen LogP contribution in [-0.4, -0.2) is 53.5 Å². The van der Waals surface area contributed by atoms with Crippen LogP contribution in [0.3, 0.4) is 0 Å². The van der Waals surface area contributed by atoms with Gasteiger partial charge in [-0.2, -0.15) is 4.98 Å². The molecule has 46 heavy (non-hydrogen) atoms. The molecule has 6 rings (SSSR count). The number of carbonyl (C=O) groups is 1. The number of furan rings is 1. The molecule has 13 heteroatoms. The molecule has 0 bridgehead atoms. The van der Waals surface area contributed by atoms with E-state index in [1.807, 2.05) is 0 Å². The van der Waals surface area contributed by atoms with Crippen molar-refractivity contribution in [3.05, 3.63) is 84.3 Å². The van der Waals surface area contributed by atoms with Gasteiger partial charge < -0.3 is 18.9 Å². The number of halogens is 3. The molecule has 0 aliphatic heterocycles. The Morgan fingerprint density at radius 1 is 1.02 bits per heavy atom. The molecule has 0 fully saturated rings. The number of rotatable bonds is 10. The number of amides is 1. The summed E-state index contributed by atoms with van der Waals surface area (Å²) < 4.78 is 72.8. The van der Waals surface area contributed by atoms with E-state index in [1.54, 1.807) is 48.7 Å². The molecule has 3 heterocycles. The number of anilines is 1. The van der Waals surface area contributed by atoms with Crippen LogP contribution in [0.2, 0.25) is 0 Å². The number of nitrogens with one attached hydrogen (secondary N) is 1. The van der Waals surface area contributed by atoms with Crippen LogP contribution in [0.1, 0.15) is 16.8 Å². The van der Waals surface area contributed by atoms with E-state index in [-0.39, 0.29) is 29.3 Å². The highest BCUT2D eigenvalue weighted by Crippen LogP contribution is 2.43. The average Bonchev–Trinajstić information content (AvgIpc) is 3.66. The zero-order valence-corrected chi connectivity index (χ0v) is 25.7. The Balaban J connectivity index is 1.64. The van der Waals surface area contributed by atoms with Crippen LogP contribution < -0.4 is 14.4 Å². The topological polar surface area (TPSA) is 111 Å². The van der Waals surface area contributed by atoms with E-state index in [0.29, 0.717) is 50.3 Å². The summed E-state index contributed by atoms with van der Waals surface area (Å²) in [5.41, 5.74) is 3.57. The number of carbonyl (C=O) groups excluding carboxylic acids is 1. The third kappa shape index (κ3) is 5.93. The zero-order valence-electron chi connectivity index (χ0n) is 24.8. The van der Waals surface area contributed by atoms with Crippen molar-refractivity contribution in [1.29, 1.82) is 0 Å². The van der Waals surface area contributed by atoms with Crippen molar-refractivity contribution < 1.29 is 35.7 Å². The Hall–Kier alpha value is -5.17. The first-order chi connectivity index (χ1) is 22.2. The predicted molar refractivity (Wildman–Crippen MR) is 170 cm³/mol. The van der Waals surface area contributed by atoms with E-state index in [0.717, 1.165) is 0 Å². The smallest absolute Gasteiger partial charge is 0.255 e. The maximum atomic E-state index is 13.8. The summed E-state index contributed by atoms with van der Waals surface area (Å²) in [4.78, 5) is 22.0. The van der Waals surface area contributed by atoms with Crippen LogP contribution in [-0.2, 0) is 11.0 Å². The summed E-state index contributed by atoms with van der Waals surface area (Å²) in [7, 11) is 1.23. The van der Waals surface area contributed by atoms with Crippen molar-refractivity contribution in [1.82, 2.24) is 15.3 Å². The summed E-state index contributed by atoms with van der Waals surface area (Å²) in [5.74, 6) is -0.0564. The lowest BCUT2D eigenvalue weighted by Crippen LogP contribution is -2.27. The molecule has 0 radical (unpaired) electrons. The molecule has 1 amide bonds. The van der Waals surface area contributed by atoms with Gasteiger partial charge in [0.2, 0.25) is 12.3 Å². The molecule has 3 aromatic carbocycles. The van der Waals surface area contributed by atoms with Gasteiger partial charge in [-0.05, 0) is 66.2 Å². The van der Waals surface area contributed by atoms with E-state index in [2.05, 4.69) is 15.3 Å². The zero-order chi connectivity index (χ0) is 32.5. The van der Waals surface area contributed by atoms with Crippen molar-refractivity contribution in [2.24, 2.45) is 0 Å². The first-order valence-electron chi connectivity index (χ1n) is 14.1. The summed E-state index contributed by atoms with van der Waals surface area (Å²) in [5, 5.41) is 3.02. The maximum absolute atomic E-state index is 13.8. The minimum atomic E-state index is -2.64. The summed E-state index contributed by atoms with van der Waals surface area (Å²) in [6.45, 7) is -0.235. The quantitative estimate of drug-likeness (QED) is 0.167. The SMILES string of the molecule is CNC(=O)c1c(-c2ccc(F)cc2)oc2cc(N(CCC(F)F)S(C)=O)c(-c3cc(OC)cc(-c4nc5ncccc5o4)c3)cc12. The van der Waals surface area contributed by atoms with Gasteiger partial charge in [-0.1, -0.05) is 0 Å². The summed E-state index contributed by atoms with van der Waals surface area (Å²) in [6, 6.07) is 17.4. The number of alkyl halides is 2. The molecule has 0 spiro atoms. The number of hydrogen-bond donors (Lipinski definition) is 1. The molecule has 0 saturated carbocycles. The number of methoxy groups -OCH3 is 1. The molecule has 0 aliphatic rings. The number of nitrogens with zero attached hydrogens (tertiary/aromatic N) is 3. The number of fused-ring (bicyclic) bond motifs is 2. The predicted octanol–water partition coefficient (Wildman–Crippen LogP) is 7.23. The van der Waals surface area contributed by atoms with Crippen molar-refractivity contribution >= 4 is 44.8 Å². The first-order valence-corrected chi connectivity index (χ1v) is 15.6. The molecule has 236 valence electrons. The van der Waals surface area contributed by atoms with Gasteiger partial charge >= 0.3 is 0 Å². The van der Waals surface area contributed by atoms with Gasteiger partial charge in [0.15, 0.2) is 11.2 Å². The fraction of sp³-hybridized carbons (Fsp3) is 0.182. The monoisotopic (exact) mass is 648 g/mol. The van der Waals surface area contributed by atoms with Crippen LogP contribution in [0.4, 0.5) is 18.9 Å². The lowest BCUT2D eigenvalue weighted by molar-refractivity contribution is 0.0964. The highest BCUT2D eigenvalue weighted by Gasteiger charge is 2.27. The molecule has 9 nitrogen and oxygen atoms in total. The number of oxazole rings is 1.